The molecule has 3 aromatic heterocycles. The second kappa shape index (κ2) is 13.7. The van der Waals surface area contributed by atoms with Gasteiger partial charge in [0.15, 0.2) is 0 Å². The number of nitrogens with zero attached hydrogens (tertiary/aromatic N) is 4. The van der Waals surface area contributed by atoms with Gasteiger partial charge in [-0.15, -0.1) is 0 Å². The molecule has 1 amide bonds. The first-order valence-corrected chi connectivity index (χ1v) is 15.8. The molecule has 47 heavy (non-hydrogen) atoms. The van der Waals surface area contributed by atoms with Crippen molar-refractivity contribution in [1.82, 2.24) is 24.2 Å². The summed E-state index contributed by atoms with van der Waals surface area (Å²) in [6, 6.07) is 6.11. The van der Waals surface area contributed by atoms with Crippen molar-refractivity contribution in [3.63, 3.8) is 0 Å². The first-order chi connectivity index (χ1) is 22.2. The van der Waals surface area contributed by atoms with Crippen LogP contribution >= 0.6 is 0 Å². The second-order valence-corrected chi connectivity index (χ2v) is 12.8. The summed E-state index contributed by atoms with van der Waals surface area (Å²) in [5.74, 6) is -1.92. The van der Waals surface area contributed by atoms with E-state index in [9.17, 15) is 32.7 Å². The van der Waals surface area contributed by atoms with Crippen LogP contribution in [0.4, 0.5) is 13.2 Å². The van der Waals surface area contributed by atoms with Crippen molar-refractivity contribution >= 4 is 17.5 Å². The molecule has 9 nitrogen and oxygen atoms in total. The number of amides is 1. The van der Waals surface area contributed by atoms with Gasteiger partial charge in [0.05, 0.1) is 18.0 Å². The van der Waals surface area contributed by atoms with E-state index in [2.05, 4.69) is 10.3 Å². The van der Waals surface area contributed by atoms with Crippen molar-refractivity contribution < 1.29 is 27.9 Å². The minimum atomic E-state index is -4.73. The molecule has 4 aromatic rings. The van der Waals surface area contributed by atoms with E-state index >= 15 is 0 Å². The zero-order valence-corrected chi connectivity index (χ0v) is 27.0. The van der Waals surface area contributed by atoms with Gasteiger partial charge in [-0.3, -0.25) is 14.4 Å². The van der Waals surface area contributed by atoms with Gasteiger partial charge in [0.2, 0.25) is 5.91 Å². The summed E-state index contributed by atoms with van der Waals surface area (Å²) < 4.78 is 44.9. The molecule has 250 valence electrons. The number of benzene rings is 1. The van der Waals surface area contributed by atoms with Gasteiger partial charge in [0.1, 0.15) is 11.7 Å². The predicted molar refractivity (Wildman–Crippen MR) is 172 cm³/mol. The number of carboxylic acids is 1. The Morgan fingerprint density at radius 3 is 2.38 bits per heavy atom. The van der Waals surface area contributed by atoms with Crippen LogP contribution in [0.25, 0.3) is 16.8 Å². The van der Waals surface area contributed by atoms with Crippen LogP contribution in [0.15, 0.2) is 59.9 Å². The highest BCUT2D eigenvalue weighted by atomic mass is 19.4. The molecule has 2 atom stereocenters. The lowest BCUT2D eigenvalue weighted by molar-refractivity contribution is -0.139. The molecule has 1 aliphatic heterocycles. The van der Waals surface area contributed by atoms with Crippen molar-refractivity contribution in [3.8, 4) is 11.1 Å². The smallest absolute Gasteiger partial charge is 0.416 e. The van der Waals surface area contributed by atoms with Crippen LogP contribution in [-0.2, 0) is 22.2 Å². The van der Waals surface area contributed by atoms with Crippen LogP contribution in [0.5, 0.6) is 0 Å². The molecule has 0 bridgehead atoms. The van der Waals surface area contributed by atoms with E-state index in [-0.39, 0.29) is 24.3 Å². The van der Waals surface area contributed by atoms with Crippen LogP contribution in [-0.4, -0.2) is 55.5 Å². The Bertz CT molecular complexity index is 1820. The Morgan fingerprint density at radius 1 is 1.09 bits per heavy atom. The normalized spacial score (nSPS) is 15.1. The first kappa shape index (κ1) is 33.9. The number of hydrogen-bond acceptors (Lipinski definition) is 5. The number of carbonyl (C=O) groups is 2. The Labute approximate surface area is 271 Å². The van der Waals surface area contributed by atoms with E-state index in [4.69, 9.17) is 0 Å². The number of nitrogens with one attached hydrogen (secondary N) is 1. The number of aromatic nitrogens is 3. The lowest BCUT2D eigenvalue weighted by atomic mass is 9.93. The first-order valence-electron chi connectivity index (χ1n) is 15.8. The van der Waals surface area contributed by atoms with Crippen LogP contribution in [0.1, 0.15) is 73.0 Å². The Balaban J connectivity index is 1.55. The van der Waals surface area contributed by atoms with Gasteiger partial charge in [-0.2, -0.15) is 13.2 Å². The summed E-state index contributed by atoms with van der Waals surface area (Å²) in [7, 11) is 0. The molecule has 0 aliphatic carbocycles. The second-order valence-electron chi connectivity index (χ2n) is 12.8. The number of aliphatic carboxylic acids is 1. The SMILES string of the molecule is Cc1cccc(C)c1-c1cc([C@@H](CC(=O)O)NC(=O)[C@@H](CC(C)C)n2cc(CCN3CCC3)c(C(F)(F)F)cc2=O)cn2ccnc12. The lowest BCUT2D eigenvalue weighted by Gasteiger charge is -2.31. The number of pyridine rings is 2. The van der Waals surface area contributed by atoms with Crippen molar-refractivity contribution in [2.24, 2.45) is 5.92 Å². The van der Waals surface area contributed by atoms with E-state index in [1.807, 2.05) is 56.9 Å². The topological polar surface area (TPSA) is 109 Å². The van der Waals surface area contributed by atoms with Gasteiger partial charge in [0, 0.05) is 43.0 Å². The van der Waals surface area contributed by atoms with E-state index in [0.717, 1.165) is 46.3 Å². The summed E-state index contributed by atoms with van der Waals surface area (Å²) in [5, 5.41) is 12.7. The fourth-order valence-electron chi connectivity index (χ4n) is 6.34. The van der Waals surface area contributed by atoms with Crippen LogP contribution < -0.4 is 10.9 Å². The number of carbonyl (C=O) groups excluding carboxylic acids is 1. The molecule has 4 heterocycles. The summed E-state index contributed by atoms with van der Waals surface area (Å²) in [4.78, 5) is 46.0. The quantitative estimate of drug-likeness (QED) is 0.196. The van der Waals surface area contributed by atoms with Gasteiger partial charge < -0.3 is 24.3 Å². The van der Waals surface area contributed by atoms with E-state index in [1.54, 1.807) is 23.0 Å². The maximum Gasteiger partial charge on any atom is 0.416 e. The van der Waals surface area contributed by atoms with Crippen LogP contribution in [0, 0.1) is 19.8 Å². The third-order valence-corrected chi connectivity index (χ3v) is 8.80. The number of fused-ring (bicyclic) bond motifs is 1. The van der Waals surface area contributed by atoms with Crippen molar-refractivity contribution in [2.75, 3.05) is 19.6 Å². The zero-order chi connectivity index (χ0) is 34.0. The Hall–Kier alpha value is -4.45. The molecule has 0 spiro atoms. The maximum atomic E-state index is 14.1. The predicted octanol–water partition coefficient (Wildman–Crippen LogP) is 5.97. The third kappa shape index (κ3) is 7.59. The fourth-order valence-corrected chi connectivity index (χ4v) is 6.34. The van der Waals surface area contributed by atoms with Gasteiger partial charge in [-0.1, -0.05) is 32.0 Å². The molecule has 1 saturated heterocycles. The summed E-state index contributed by atoms with van der Waals surface area (Å²) >= 11 is 0. The summed E-state index contributed by atoms with van der Waals surface area (Å²) in [6.07, 6.45) is 2.26. The average Bonchev–Trinajstić information content (AvgIpc) is 3.43. The summed E-state index contributed by atoms with van der Waals surface area (Å²) in [5.41, 5.74) is 2.84. The molecule has 0 saturated carbocycles. The van der Waals surface area contributed by atoms with Gasteiger partial charge in [-0.05, 0) is 86.0 Å². The van der Waals surface area contributed by atoms with Crippen molar-refractivity contribution in [2.45, 2.75) is 71.6 Å². The highest BCUT2D eigenvalue weighted by Gasteiger charge is 2.36. The van der Waals surface area contributed by atoms with E-state index in [1.165, 1.54) is 6.20 Å². The minimum absolute atomic E-state index is 0.0588. The van der Waals surface area contributed by atoms with E-state index < -0.39 is 47.7 Å². The molecule has 0 radical (unpaired) electrons. The van der Waals surface area contributed by atoms with Crippen molar-refractivity contribution in [1.29, 1.82) is 0 Å². The average molecular weight is 652 g/mol. The molecular formula is C35H40F3N5O4. The van der Waals surface area contributed by atoms with Gasteiger partial charge in [0.25, 0.3) is 5.56 Å². The minimum Gasteiger partial charge on any atom is -0.481 e. The number of rotatable bonds is 12. The monoisotopic (exact) mass is 651 g/mol. The highest BCUT2D eigenvalue weighted by Crippen LogP contribution is 2.34. The number of imidazole rings is 1. The van der Waals surface area contributed by atoms with Crippen molar-refractivity contribution in [3.05, 3.63) is 93.3 Å². The molecule has 1 aromatic carbocycles. The number of alkyl halides is 3. The molecule has 12 heteroatoms. The lowest BCUT2D eigenvalue weighted by Crippen LogP contribution is -2.41. The number of hydrogen-bond donors (Lipinski definition) is 2. The zero-order valence-electron chi connectivity index (χ0n) is 27.0. The maximum absolute atomic E-state index is 14.1. The number of aryl methyl sites for hydroxylation is 2. The molecule has 1 aliphatic rings. The molecular weight excluding hydrogens is 611 g/mol. The van der Waals surface area contributed by atoms with E-state index in [0.29, 0.717) is 23.8 Å². The largest absolute Gasteiger partial charge is 0.481 e. The third-order valence-electron chi connectivity index (χ3n) is 8.80. The Kier molecular flexibility index (Phi) is 9.90. The molecule has 0 unspecified atom stereocenters. The van der Waals surface area contributed by atoms with Gasteiger partial charge in [-0.25, -0.2) is 4.98 Å². The fraction of sp³-hybridized carbons (Fsp3) is 0.429. The molecule has 2 N–H and O–H groups in total. The summed E-state index contributed by atoms with van der Waals surface area (Å²) in [6.45, 7) is 9.66. The standard InChI is InChI=1S/C35H40F3N5O4/c1-21(2)15-29(43-20-24(9-13-41-11-6-12-41)27(17-30(43)44)35(36,37)38)34(47)40-28(18-31(45)46)25-16-26(33-39-10-14-42(33)19-25)32-22(3)7-5-8-23(32)4/h5,7-8,10,14,16-17,19-21,28-29H,6,9,11-13,15,18H2,1-4H3,(H,40,47)(H,45,46)/t28-,29-/m1/s1. The Morgan fingerprint density at radius 2 is 1.79 bits per heavy atom. The number of carboxylic acid groups (broad SMARTS) is 1. The molecule has 5 rings (SSSR count). The van der Waals surface area contributed by atoms with Crippen LogP contribution in [0.3, 0.4) is 0 Å². The number of halogens is 3. The van der Waals surface area contributed by atoms with Gasteiger partial charge >= 0.3 is 12.1 Å². The van der Waals surface area contributed by atoms with Crippen LogP contribution in [0.2, 0.25) is 0 Å². The number of likely N-dealkylation sites (tertiary alicyclic amines) is 1. The highest BCUT2D eigenvalue weighted by molar-refractivity contribution is 5.84. The molecule has 1 fully saturated rings.